The van der Waals surface area contributed by atoms with Crippen LogP contribution in [0, 0.1) is 0 Å². The Bertz CT molecular complexity index is 820. The summed E-state index contributed by atoms with van der Waals surface area (Å²) in [5.74, 6) is 0.854. The van der Waals surface area contributed by atoms with Crippen LogP contribution < -0.4 is 4.74 Å². The molecule has 1 unspecified atom stereocenters. The maximum absolute atomic E-state index is 11.9. The number of benzene rings is 2. The number of carbonyl (C=O) groups is 2. The van der Waals surface area contributed by atoms with Crippen LogP contribution in [0.2, 0.25) is 0 Å². The Morgan fingerprint density at radius 2 is 1.86 bits per heavy atom. The topological polar surface area (TPSA) is 63.6 Å². The lowest BCUT2D eigenvalue weighted by atomic mass is 10.0. The molecule has 0 spiro atoms. The van der Waals surface area contributed by atoms with Crippen LogP contribution in [0.3, 0.4) is 0 Å². The minimum Gasteiger partial charge on any atom is -0.493 e. The molecule has 4 nitrogen and oxygen atoms in total. The van der Waals surface area contributed by atoms with E-state index in [1.165, 1.54) is 0 Å². The van der Waals surface area contributed by atoms with Crippen molar-refractivity contribution in [2.45, 2.75) is 49.8 Å². The van der Waals surface area contributed by atoms with E-state index in [1.54, 1.807) is 23.9 Å². The summed E-state index contributed by atoms with van der Waals surface area (Å²) < 4.78 is 5.97. The fourth-order valence-corrected chi connectivity index (χ4v) is 3.84. The van der Waals surface area contributed by atoms with Crippen molar-refractivity contribution in [2.75, 3.05) is 12.4 Å². The molecule has 0 heterocycles. The fraction of sp³-hybridized carbons (Fsp3) is 0.391. The fourth-order valence-electron chi connectivity index (χ4n) is 2.87. The third-order valence-electron chi connectivity index (χ3n) is 4.43. The van der Waals surface area contributed by atoms with Crippen molar-refractivity contribution >= 4 is 35.1 Å². The molecule has 29 heavy (non-hydrogen) atoms. The number of Topliss-reactive ketones (excluding diaryl/α,β-unsaturated/α-hetero) is 1. The van der Waals surface area contributed by atoms with Crippen LogP contribution in [-0.2, 0) is 11.2 Å². The molecule has 0 aliphatic heterocycles. The van der Waals surface area contributed by atoms with Crippen LogP contribution in [0.25, 0.3) is 0 Å². The molecule has 6 heteroatoms. The summed E-state index contributed by atoms with van der Waals surface area (Å²) >= 11 is 7.52. The number of hydrogen-bond donors (Lipinski definition) is 1. The second kappa shape index (κ2) is 11.9. The summed E-state index contributed by atoms with van der Waals surface area (Å²) in [7, 11) is 0. The van der Waals surface area contributed by atoms with E-state index >= 15 is 0 Å². The number of ether oxygens (including phenoxy) is 1. The Hall–Kier alpha value is -1.98. The van der Waals surface area contributed by atoms with E-state index in [1.807, 2.05) is 37.3 Å². The van der Waals surface area contributed by atoms with Crippen molar-refractivity contribution in [3.63, 3.8) is 0 Å². The van der Waals surface area contributed by atoms with Gasteiger partial charge in [0.25, 0.3) is 0 Å². The molecule has 0 saturated heterocycles. The number of rotatable bonds is 12. The maximum atomic E-state index is 11.9. The molecule has 0 bridgehead atoms. The van der Waals surface area contributed by atoms with Crippen LogP contribution in [-0.4, -0.2) is 29.2 Å². The Morgan fingerprint density at radius 3 is 2.48 bits per heavy atom. The molecule has 0 aliphatic carbocycles. The van der Waals surface area contributed by atoms with Gasteiger partial charge in [-0.1, -0.05) is 32.4 Å². The van der Waals surface area contributed by atoms with Crippen LogP contribution in [0.4, 0.5) is 0 Å². The lowest BCUT2D eigenvalue weighted by Crippen LogP contribution is -2.04. The highest BCUT2D eigenvalue weighted by Crippen LogP contribution is 2.26. The quantitative estimate of drug-likeness (QED) is 0.187. The number of aryl methyl sites for hydroxylation is 1. The molecule has 1 atom stereocenters. The van der Waals surface area contributed by atoms with Crippen molar-refractivity contribution in [1.82, 2.24) is 0 Å². The highest BCUT2D eigenvalue weighted by Gasteiger charge is 2.15. The monoisotopic (exact) mass is 434 g/mol. The van der Waals surface area contributed by atoms with Gasteiger partial charge in [-0.05, 0) is 54.3 Å². The highest BCUT2D eigenvalue weighted by molar-refractivity contribution is 7.99. The molecule has 0 radical (unpaired) electrons. The average Bonchev–Trinajstić information content (AvgIpc) is 2.73. The number of hydrogen-bond acceptors (Lipinski definition) is 4. The second-order valence-corrected chi connectivity index (χ2v) is 8.27. The number of ketones is 1. The zero-order valence-electron chi connectivity index (χ0n) is 16.8. The molecule has 2 aromatic carbocycles. The zero-order chi connectivity index (χ0) is 21.2. The van der Waals surface area contributed by atoms with Gasteiger partial charge in [-0.3, -0.25) is 9.59 Å². The first kappa shape index (κ1) is 23.3. The molecule has 0 saturated carbocycles. The minimum atomic E-state index is -1.04. The summed E-state index contributed by atoms with van der Waals surface area (Å²) in [5.41, 5.74) is 2.42. The van der Waals surface area contributed by atoms with Crippen molar-refractivity contribution in [1.29, 1.82) is 0 Å². The van der Waals surface area contributed by atoms with Crippen molar-refractivity contribution in [3.8, 4) is 5.75 Å². The Morgan fingerprint density at radius 1 is 1.14 bits per heavy atom. The van der Waals surface area contributed by atoms with Gasteiger partial charge in [-0.2, -0.15) is 0 Å². The van der Waals surface area contributed by atoms with E-state index in [0.29, 0.717) is 18.6 Å². The molecule has 0 aromatic heterocycles. The number of alkyl halides is 1. The third kappa shape index (κ3) is 7.09. The van der Waals surface area contributed by atoms with E-state index in [0.717, 1.165) is 46.8 Å². The first-order chi connectivity index (χ1) is 14.0. The van der Waals surface area contributed by atoms with Gasteiger partial charge in [0, 0.05) is 22.6 Å². The van der Waals surface area contributed by atoms with Gasteiger partial charge in [-0.15, -0.1) is 23.4 Å². The van der Waals surface area contributed by atoms with E-state index < -0.39 is 11.3 Å². The van der Waals surface area contributed by atoms with Gasteiger partial charge in [0.2, 0.25) is 0 Å². The summed E-state index contributed by atoms with van der Waals surface area (Å²) in [6.45, 7) is 4.59. The van der Waals surface area contributed by atoms with E-state index in [-0.39, 0.29) is 5.78 Å². The predicted molar refractivity (Wildman–Crippen MR) is 119 cm³/mol. The highest BCUT2D eigenvalue weighted by atomic mass is 35.5. The number of carboxylic acids is 1. The van der Waals surface area contributed by atoms with E-state index in [9.17, 15) is 9.59 Å². The molecule has 1 N–H and O–H groups in total. The number of thioether (sulfide) groups is 1. The van der Waals surface area contributed by atoms with Gasteiger partial charge in [-0.25, -0.2) is 0 Å². The Balaban J connectivity index is 1.83. The van der Waals surface area contributed by atoms with Gasteiger partial charge >= 0.3 is 5.97 Å². The van der Waals surface area contributed by atoms with Gasteiger partial charge in [0.1, 0.15) is 5.75 Å². The maximum Gasteiger partial charge on any atom is 0.326 e. The molecule has 156 valence electrons. The van der Waals surface area contributed by atoms with Gasteiger partial charge < -0.3 is 9.84 Å². The average molecular weight is 435 g/mol. The molecular formula is C23H27ClO4S. The SMILES string of the molecule is CCCc1cc(C(=O)CC)ccc1OCCCSc1ccc(C(Cl)C(=O)O)cc1. The number of halogens is 1. The summed E-state index contributed by atoms with van der Waals surface area (Å²) in [6, 6.07) is 13.0. The number of carbonyl (C=O) groups excluding carboxylic acids is 1. The Kier molecular flexibility index (Phi) is 9.55. The summed E-state index contributed by atoms with van der Waals surface area (Å²) in [5, 5.41) is 7.92. The van der Waals surface area contributed by atoms with Crippen molar-refractivity contribution < 1.29 is 19.4 Å². The number of aliphatic carboxylic acids is 1. The van der Waals surface area contributed by atoms with Crippen LogP contribution >= 0.6 is 23.4 Å². The normalized spacial score (nSPS) is 11.8. The largest absolute Gasteiger partial charge is 0.493 e. The molecule has 2 rings (SSSR count). The smallest absolute Gasteiger partial charge is 0.326 e. The van der Waals surface area contributed by atoms with Crippen molar-refractivity contribution in [3.05, 3.63) is 59.2 Å². The van der Waals surface area contributed by atoms with Crippen LogP contribution in [0.1, 0.15) is 60.0 Å². The van der Waals surface area contributed by atoms with Crippen LogP contribution in [0.5, 0.6) is 5.75 Å². The summed E-state index contributed by atoms with van der Waals surface area (Å²) in [4.78, 5) is 23.9. The second-order valence-electron chi connectivity index (χ2n) is 6.67. The molecule has 0 aliphatic rings. The molecule has 0 fully saturated rings. The molecule has 0 amide bonds. The van der Waals surface area contributed by atoms with E-state index in [4.69, 9.17) is 21.4 Å². The first-order valence-corrected chi connectivity index (χ1v) is 11.3. The van der Waals surface area contributed by atoms with Gasteiger partial charge in [0.05, 0.1) is 6.61 Å². The standard InChI is InChI=1S/C23H27ClO4S/c1-3-6-18-15-17(20(25)4-2)9-12-21(18)28-13-5-14-29-19-10-7-16(8-11-19)22(24)23(26)27/h7-12,15,22H,3-6,13-14H2,1-2H3,(H,26,27). The predicted octanol–water partition coefficient (Wildman–Crippen LogP) is 6.16. The third-order valence-corrected chi connectivity index (χ3v) is 5.96. The lowest BCUT2D eigenvalue weighted by Gasteiger charge is -2.12. The van der Waals surface area contributed by atoms with Crippen molar-refractivity contribution in [2.24, 2.45) is 0 Å². The minimum absolute atomic E-state index is 0.153. The van der Waals surface area contributed by atoms with E-state index in [2.05, 4.69) is 6.92 Å². The lowest BCUT2D eigenvalue weighted by molar-refractivity contribution is -0.136. The first-order valence-electron chi connectivity index (χ1n) is 9.84. The van der Waals surface area contributed by atoms with Crippen LogP contribution in [0.15, 0.2) is 47.4 Å². The molecular weight excluding hydrogens is 408 g/mol. The van der Waals surface area contributed by atoms with Gasteiger partial charge in [0.15, 0.2) is 11.2 Å². The number of carboxylic acid groups (broad SMARTS) is 1. The Labute approximate surface area is 181 Å². The summed E-state index contributed by atoms with van der Waals surface area (Å²) in [6.07, 6.45) is 3.27. The zero-order valence-corrected chi connectivity index (χ0v) is 18.4. The molecule has 2 aromatic rings.